The Morgan fingerprint density at radius 2 is 2.78 bits per heavy atom. The van der Waals surface area contributed by atoms with Gasteiger partial charge in [0.2, 0.25) is 0 Å². The molecule has 47 valence electrons. The summed E-state index contributed by atoms with van der Waals surface area (Å²) in [4.78, 5) is 4.60. The first-order valence-electron chi connectivity index (χ1n) is 2.33. The number of hydrogen-bond donors (Lipinski definition) is 1. The Kier molecular flexibility index (Phi) is 1.79. The lowest BCUT2D eigenvalue weighted by Crippen LogP contribution is -1.81. The van der Waals surface area contributed by atoms with Crippen molar-refractivity contribution >= 4 is 6.21 Å². The van der Waals surface area contributed by atoms with Crippen LogP contribution in [0.25, 0.3) is 0 Å². The van der Waals surface area contributed by atoms with E-state index >= 15 is 0 Å². The molecule has 5 nitrogen and oxygen atoms in total. The minimum Gasteiger partial charge on any atom is -0.333 e. The number of hydrogen-bond acceptors (Lipinski definition) is 4. The predicted molar refractivity (Wildman–Crippen MR) is 30.1 cm³/mol. The summed E-state index contributed by atoms with van der Waals surface area (Å²) in [5.74, 6) is 0.337. The molecule has 5 heteroatoms. The van der Waals surface area contributed by atoms with E-state index in [0.29, 0.717) is 5.88 Å². The van der Waals surface area contributed by atoms with E-state index < -0.39 is 0 Å². The number of nitrogens with zero attached hydrogens (tertiary/aromatic N) is 3. The van der Waals surface area contributed by atoms with Gasteiger partial charge in [0, 0.05) is 0 Å². The molecule has 1 heterocycles. The van der Waals surface area contributed by atoms with Gasteiger partial charge in [-0.2, -0.15) is 0 Å². The van der Waals surface area contributed by atoms with Crippen molar-refractivity contribution in [3.63, 3.8) is 0 Å². The lowest BCUT2D eigenvalue weighted by Gasteiger charge is -1.84. The molecule has 0 atom stereocenters. The molecule has 0 aliphatic carbocycles. The van der Waals surface area contributed by atoms with E-state index in [4.69, 9.17) is 0 Å². The van der Waals surface area contributed by atoms with E-state index in [1.807, 2.05) is 0 Å². The van der Waals surface area contributed by atoms with Crippen molar-refractivity contribution in [2.75, 3.05) is 0 Å². The number of H-pyrrole nitrogens is 1. The Balaban J connectivity index is 2.48. The van der Waals surface area contributed by atoms with Crippen molar-refractivity contribution in [1.29, 1.82) is 0 Å². The maximum absolute atomic E-state index is 4.60. The van der Waals surface area contributed by atoms with Crippen LogP contribution in [-0.4, -0.2) is 21.6 Å². The fraction of sp³-hybridized carbons (Fsp3) is 0.250. The fourth-order valence-electron chi connectivity index (χ4n) is 0.328. The predicted octanol–water partition coefficient (Wildman–Crippen LogP) is 0.0662. The zero-order chi connectivity index (χ0) is 6.53. The van der Waals surface area contributed by atoms with E-state index in [1.54, 1.807) is 6.92 Å². The van der Waals surface area contributed by atoms with Gasteiger partial charge in [0.1, 0.15) is 6.21 Å². The van der Waals surface area contributed by atoms with Gasteiger partial charge >= 0.3 is 0 Å². The van der Waals surface area contributed by atoms with Crippen LogP contribution in [0.1, 0.15) is 6.92 Å². The summed E-state index contributed by atoms with van der Waals surface area (Å²) in [6, 6.07) is 0. The molecule has 0 bridgehead atoms. The fourth-order valence-corrected chi connectivity index (χ4v) is 0.328. The molecule has 1 aromatic heterocycles. The van der Waals surface area contributed by atoms with Crippen molar-refractivity contribution in [2.24, 2.45) is 5.16 Å². The second-order valence-corrected chi connectivity index (χ2v) is 1.22. The van der Waals surface area contributed by atoms with Crippen molar-refractivity contribution in [1.82, 2.24) is 15.4 Å². The molecule has 1 N–H and O–H groups in total. The molecule has 9 heavy (non-hydrogen) atoms. The van der Waals surface area contributed by atoms with Gasteiger partial charge in [-0.25, -0.2) is 0 Å². The largest absolute Gasteiger partial charge is 0.333 e. The molecule has 1 radical (unpaired) electrons. The van der Waals surface area contributed by atoms with Crippen LogP contribution in [0.5, 0.6) is 5.88 Å². The summed E-state index contributed by atoms with van der Waals surface area (Å²) in [6.45, 7) is 1.63. The van der Waals surface area contributed by atoms with E-state index in [0.717, 1.165) is 0 Å². The monoisotopic (exact) mass is 125 g/mol. The smallest absolute Gasteiger partial charge is 0.286 e. The maximum Gasteiger partial charge on any atom is 0.286 e. The van der Waals surface area contributed by atoms with Gasteiger partial charge in [-0.3, -0.25) is 5.10 Å². The Morgan fingerprint density at radius 1 is 1.89 bits per heavy atom. The van der Waals surface area contributed by atoms with Gasteiger partial charge in [-0.05, 0) is 6.92 Å². The maximum atomic E-state index is 4.60. The zero-order valence-electron chi connectivity index (χ0n) is 4.83. The Bertz CT molecular complexity index is 180. The molecular formula is C4H5N4O. The number of aromatic amines is 1. The summed E-state index contributed by atoms with van der Waals surface area (Å²) in [6.07, 6.45) is 3.91. The van der Waals surface area contributed by atoms with Crippen molar-refractivity contribution < 1.29 is 4.84 Å². The van der Waals surface area contributed by atoms with E-state index in [9.17, 15) is 0 Å². The van der Waals surface area contributed by atoms with Gasteiger partial charge in [0.05, 0.1) is 6.20 Å². The van der Waals surface area contributed by atoms with Crippen molar-refractivity contribution in [2.45, 2.75) is 6.92 Å². The SMILES string of the molecule is C[C]=NOc1c[nH]nn1. The minimum atomic E-state index is 0.337. The van der Waals surface area contributed by atoms with Crippen molar-refractivity contribution in [3.8, 4) is 5.88 Å². The lowest BCUT2D eigenvalue weighted by atomic mass is 10.9. The quantitative estimate of drug-likeness (QED) is 0.449. The third-order valence-corrected chi connectivity index (χ3v) is 0.625. The Labute approximate surface area is 51.7 Å². The van der Waals surface area contributed by atoms with Gasteiger partial charge in [-0.1, -0.05) is 15.5 Å². The number of rotatable bonds is 2. The molecule has 0 aliphatic rings. The first kappa shape index (κ1) is 5.74. The molecule has 1 aromatic rings. The first-order valence-corrected chi connectivity index (χ1v) is 2.33. The highest BCUT2D eigenvalue weighted by molar-refractivity contribution is 5.52. The molecule has 0 unspecified atom stereocenters. The van der Waals surface area contributed by atoms with Crippen LogP contribution >= 0.6 is 0 Å². The highest BCUT2D eigenvalue weighted by Crippen LogP contribution is 1.98. The molecule has 0 fully saturated rings. The van der Waals surface area contributed by atoms with E-state index in [1.165, 1.54) is 6.20 Å². The second-order valence-electron chi connectivity index (χ2n) is 1.22. The van der Waals surface area contributed by atoms with Crippen LogP contribution in [0.4, 0.5) is 0 Å². The average Bonchev–Trinajstić information content (AvgIpc) is 2.34. The van der Waals surface area contributed by atoms with Gasteiger partial charge < -0.3 is 4.84 Å². The average molecular weight is 125 g/mol. The summed E-state index contributed by atoms with van der Waals surface area (Å²) in [5.41, 5.74) is 0. The van der Waals surface area contributed by atoms with Crippen LogP contribution in [0.2, 0.25) is 0 Å². The number of nitrogens with one attached hydrogen (secondary N) is 1. The van der Waals surface area contributed by atoms with E-state index in [2.05, 4.69) is 31.6 Å². The molecule has 0 spiro atoms. The molecule has 0 aliphatic heterocycles. The lowest BCUT2D eigenvalue weighted by molar-refractivity contribution is 0.329. The normalized spacial score (nSPS) is 10.3. The van der Waals surface area contributed by atoms with Crippen LogP contribution in [0, 0.1) is 0 Å². The van der Waals surface area contributed by atoms with Gasteiger partial charge in [0.25, 0.3) is 5.88 Å². The Morgan fingerprint density at radius 3 is 3.33 bits per heavy atom. The van der Waals surface area contributed by atoms with Crippen LogP contribution in [0.3, 0.4) is 0 Å². The van der Waals surface area contributed by atoms with Crippen LogP contribution in [-0.2, 0) is 0 Å². The summed E-state index contributed by atoms with van der Waals surface area (Å²) < 4.78 is 0. The molecule has 1 rings (SSSR count). The molecule has 0 saturated carbocycles. The standard InChI is InChI=1S/C4H5N4O/c1-2-6-9-4-3-5-8-7-4/h3H,1H3,(H,5,7,8). The van der Waals surface area contributed by atoms with Crippen LogP contribution in [0.15, 0.2) is 11.4 Å². The van der Waals surface area contributed by atoms with Crippen LogP contribution < -0.4 is 4.84 Å². The third-order valence-electron chi connectivity index (χ3n) is 0.625. The molecular weight excluding hydrogens is 120 g/mol. The highest BCUT2D eigenvalue weighted by atomic mass is 16.6. The van der Waals surface area contributed by atoms with E-state index in [-0.39, 0.29) is 0 Å². The van der Waals surface area contributed by atoms with Gasteiger partial charge in [0.15, 0.2) is 0 Å². The minimum absolute atomic E-state index is 0.337. The molecule has 0 amide bonds. The third kappa shape index (κ3) is 1.52. The molecule has 0 saturated heterocycles. The Hall–Kier alpha value is -1.39. The highest BCUT2D eigenvalue weighted by Gasteiger charge is 1.90. The summed E-state index contributed by atoms with van der Waals surface area (Å²) >= 11 is 0. The van der Waals surface area contributed by atoms with Crippen molar-refractivity contribution in [3.05, 3.63) is 6.20 Å². The molecule has 0 aromatic carbocycles. The summed E-state index contributed by atoms with van der Waals surface area (Å²) in [7, 11) is 0. The van der Waals surface area contributed by atoms with Gasteiger partial charge in [-0.15, -0.1) is 0 Å². The first-order chi connectivity index (χ1) is 4.43. The summed E-state index contributed by atoms with van der Waals surface area (Å²) in [5, 5.41) is 12.7. The number of aromatic nitrogens is 3. The second kappa shape index (κ2) is 2.81. The topological polar surface area (TPSA) is 63.2 Å². The zero-order valence-corrected chi connectivity index (χ0v) is 4.83.